The van der Waals surface area contributed by atoms with Crippen molar-refractivity contribution in [1.29, 1.82) is 0 Å². The number of rotatable bonds is 6. The van der Waals surface area contributed by atoms with Crippen LogP contribution in [-0.2, 0) is 14.8 Å². The Morgan fingerprint density at radius 3 is 2.48 bits per heavy atom. The first-order valence-electron chi connectivity index (χ1n) is 6.25. The lowest BCUT2D eigenvalue weighted by Crippen LogP contribution is -2.30. The van der Waals surface area contributed by atoms with Gasteiger partial charge in [0.05, 0.1) is 4.90 Å². The number of amides is 1. The molecule has 0 aliphatic heterocycles. The van der Waals surface area contributed by atoms with E-state index in [0.29, 0.717) is 11.1 Å². The second-order valence-electron chi connectivity index (χ2n) is 4.78. The molecule has 0 unspecified atom stereocenters. The molecule has 8 heteroatoms. The number of hydrogen-bond acceptors (Lipinski definition) is 4. The second kappa shape index (κ2) is 6.97. The highest BCUT2D eigenvalue weighted by Crippen LogP contribution is 2.15. The summed E-state index contributed by atoms with van der Waals surface area (Å²) in [5, 5.41) is 0. The van der Waals surface area contributed by atoms with Crippen molar-refractivity contribution < 1.29 is 13.2 Å². The zero-order valence-electron chi connectivity index (χ0n) is 12.2. The molecule has 0 saturated heterocycles. The molecule has 1 aromatic rings. The van der Waals surface area contributed by atoms with Gasteiger partial charge in [-0.05, 0) is 24.6 Å². The van der Waals surface area contributed by atoms with Crippen LogP contribution in [0.4, 0.5) is 0 Å². The van der Waals surface area contributed by atoms with Crippen LogP contribution in [0.3, 0.4) is 0 Å². The van der Waals surface area contributed by atoms with Crippen LogP contribution >= 0.6 is 12.2 Å². The van der Waals surface area contributed by atoms with Gasteiger partial charge in [0, 0.05) is 32.6 Å². The number of nitrogens with zero attached hydrogens (tertiary/aromatic N) is 1. The molecule has 0 atom stereocenters. The van der Waals surface area contributed by atoms with Crippen molar-refractivity contribution in [1.82, 2.24) is 9.62 Å². The fraction of sp³-hybridized carbons (Fsp3) is 0.385. The minimum Gasteiger partial charge on any atom is -0.389 e. The van der Waals surface area contributed by atoms with Gasteiger partial charge in [0.1, 0.15) is 4.99 Å². The van der Waals surface area contributed by atoms with Crippen LogP contribution in [0.2, 0.25) is 0 Å². The fourth-order valence-corrected chi connectivity index (χ4v) is 3.02. The summed E-state index contributed by atoms with van der Waals surface area (Å²) >= 11 is 4.88. The molecule has 0 radical (unpaired) electrons. The number of benzene rings is 1. The van der Waals surface area contributed by atoms with E-state index in [1.165, 1.54) is 17.0 Å². The van der Waals surface area contributed by atoms with Crippen LogP contribution in [0, 0.1) is 6.92 Å². The number of carbonyl (C=O) groups is 1. The standard InChI is InChI=1S/C13H19N3O3S2/c1-9-8-10(4-5-11(9)13(14)20)21(18,19)15-7-6-12(17)16(2)3/h4-5,8,15H,6-7H2,1-3H3,(H2,14,20). The second-order valence-corrected chi connectivity index (χ2v) is 6.98. The van der Waals surface area contributed by atoms with Gasteiger partial charge in [-0.3, -0.25) is 4.79 Å². The van der Waals surface area contributed by atoms with Crippen molar-refractivity contribution in [2.45, 2.75) is 18.2 Å². The number of nitrogens with one attached hydrogen (secondary N) is 1. The smallest absolute Gasteiger partial charge is 0.240 e. The summed E-state index contributed by atoms with van der Waals surface area (Å²) in [5.41, 5.74) is 6.87. The topological polar surface area (TPSA) is 92.5 Å². The maximum Gasteiger partial charge on any atom is 0.240 e. The number of aryl methyl sites for hydroxylation is 1. The number of carbonyl (C=O) groups excluding carboxylic acids is 1. The summed E-state index contributed by atoms with van der Waals surface area (Å²) in [6.45, 7) is 1.79. The Bertz CT molecular complexity index is 655. The van der Waals surface area contributed by atoms with Crippen LogP contribution < -0.4 is 10.5 Å². The van der Waals surface area contributed by atoms with E-state index in [0.717, 1.165) is 0 Å². The van der Waals surface area contributed by atoms with Gasteiger partial charge >= 0.3 is 0 Å². The predicted octanol–water partition coefficient (Wildman–Crippen LogP) is 0.386. The third-order valence-corrected chi connectivity index (χ3v) is 4.58. The Hall–Kier alpha value is -1.51. The zero-order valence-corrected chi connectivity index (χ0v) is 13.8. The molecule has 116 valence electrons. The van der Waals surface area contributed by atoms with E-state index in [9.17, 15) is 13.2 Å². The maximum absolute atomic E-state index is 12.1. The van der Waals surface area contributed by atoms with Crippen molar-refractivity contribution in [3.8, 4) is 0 Å². The summed E-state index contributed by atoms with van der Waals surface area (Å²) < 4.78 is 26.6. The summed E-state index contributed by atoms with van der Waals surface area (Å²) in [6.07, 6.45) is 0.107. The molecule has 0 aliphatic rings. The van der Waals surface area contributed by atoms with Gasteiger partial charge in [0.15, 0.2) is 0 Å². The SMILES string of the molecule is Cc1cc(S(=O)(=O)NCCC(=O)N(C)C)ccc1C(N)=S. The predicted molar refractivity (Wildman–Crippen MR) is 85.6 cm³/mol. The van der Waals surface area contributed by atoms with E-state index in [1.807, 2.05) is 0 Å². The Morgan fingerprint density at radius 2 is 2.00 bits per heavy atom. The van der Waals surface area contributed by atoms with Crippen LogP contribution in [0.25, 0.3) is 0 Å². The van der Waals surface area contributed by atoms with Crippen LogP contribution in [0.15, 0.2) is 23.1 Å². The van der Waals surface area contributed by atoms with E-state index in [1.54, 1.807) is 27.1 Å². The molecule has 0 aromatic heterocycles. The van der Waals surface area contributed by atoms with Gasteiger partial charge in [-0.15, -0.1) is 0 Å². The average molecular weight is 329 g/mol. The van der Waals surface area contributed by atoms with Crippen LogP contribution in [0.5, 0.6) is 0 Å². The summed E-state index contributed by atoms with van der Waals surface area (Å²) in [7, 11) is -0.412. The van der Waals surface area contributed by atoms with Crippen molar-refractivity contribution in [3.63, 3.8) is 0 Å². The first-order chi connectivity index (χ1) is 9.65. The lowest BCUT2D eigenvalue weighted by Gasteiger charge is -2.12. The fourth-order valence-electron chi connectivity index (χ4n) is 1.68. The average Bonchev–Trinajstić information content (AvgIpc) is 2.37. The molecule has 0 spiro atoms. The van der Waals surface area contributed by atoms with E-state index >= 15 is 0 Å². The van der Waals surface area contributed by atoms with Crippen molar-refractivity contribution in [3.05, 3.63) is 29.3 Å². The van der Waals surface area contributed by atoms with E-state index in [-0.39, 0.29) is 28.8 Å². The Morgan fingerprint density at radius 1 is 1.38 bits per heavy atom. The number of nitrogens with two attached hydrogens (primary N) is 1. The molecule has 21 heavy (non-hydrogen) atoms. The zero-order chi connectivity index (χ0) is 16.2. The third kappa shape index (κ3) is 4.76. The van der Waals surface area contributed by atoms with Gasteiger partial charge in [0.2, 0.25) is 15.9 Å². The number of sulfonamides is 1. The van der Waals surface area contributed by atoms with Gasteiger partial charge in [0.25, 0.3) is 0 Å². The van der Waals surface area contributed by atoms with Crippen molar-refractivity contribution in [2.75, 3.05) is 20.6 Å². The largest absolute Gasteiger partial charge is 0.389 e. The molecule has 6 nitrogen and oxygen atoms in total. The molecule has 1 amide bonds. The van der Waals surface area contributed by atoms with Gasteiger partial charge in [-0.1, -0.05) is 18.3 Å². The molecule has 0 saturated carbocycles. The highest BCUT2D eigenvalue weighted by atomic mass is 32.2. The summed E-state index contributed by atoms with van der Waals surface area (Å²) in [5.74, 6) is -0.141. The van der Waals surface area contributed by atoms with Crippen LogP contribution in [-0.4, -0.2) is 44.9 Å². The first kappa shape index (κ1) is 17.5. The third-order valence-electron chi connectivity index (χ3n) is 2.90. The van der Waals surface area contributed by atoms with E-state index < -0.39 is 10.0 Å². The molecule has 0 fully saturated rings. The van der Waals surface area contributed by atoms with Crippen molar-refractivity contribution >= 4 is 33.1 Å². The normalized spacial score (nSPS) is 11.2. The molecule has 0 heterocycles. The number of thiocarbonyl (C=S) groups is 1. The van der Waals surface area contributed by atoms with E-state index in [4.69, 9.17) is 18.0 Å². The molecule has 0 bridgehead atoms. The first-order valence-corrected chi connectivity index (χ1v) is 8.14. The van der Waals surface area contributed by atoms with E-state index in [2.05, 4.69) is 4.72 Å². The Labute approximate surface area is 130 Å². The summed E-state index contributed by atoms with van der Waals surface area (Å²) in [6, 6.07) is 4.53. The number of hydrogen-bond donors (Lipinski definition) is 2. The quantitative estimate of drug-likeness (QED) is 0.736. The molecule has 1 aromatic carbocycles. The summed E-state index contributed by atoms with van der Waals surface area (Å²) in [4.78, 5) is 13.2. The minimum atomic E-state index is -3.65. The Balaban J connectivity index is 2.82. The van der Waals surface area contributed by atoms with Gasteiger partial charge < -0.3 is 10.6 Å². The molecule has 1 rings (SSSR count). The monoisotopic (exact) mass is 329 g/mol. The van der Waals surface area contributed by atoms with Crippen LogP contribution in [0.1, 0.15) is 17.5 Å². The van der Waals surface area contributed by atoms with Gasteiger partial charge in [-0.25, -0.2) is 13.1 Å². The highest BCUT2D eigenvalue weighted by Gasteiger charge is 2.16. The van der Waals surface area contributed by atoms with Crippen molar-refractivity contribution in [2.24, 2.45) is 5.73 Å². The molecular weight excluding hydrogens is 310 g/mol. The molecule has 3 N–H and O–H groups in total. The maximum atomic E-state index is 12.1. The highest BCUT2D eigenvalue weighted by molar-refractivity contribution is 7.89. The lowest BCUT2D eigenvalue weighted by molar-refractivity contribution is -0.128. The molecule has 0 aliphatic carbocycles. The minimum absolute atomic E-state index is 0.0510. The lowest BCUT2D eigenvalue weighted by atomic mass is 10.1. The molecular formula is C13H19N3O3S2. The van der Waals surface area contributed by atoms with Gasteiger partial charge in [-0.2, -0.15) is 0 Å². The Kier molecular flexibility index (Phi) is 5.82.